The lowest BCUT2D eigenvalue weighted by molar-refractivity contribution is 0.305. The molecule has 0 bridgehead atoms. The topological polar surface area (TPSA) is 47.0 Å². The fourth-order valence-corrected chi connectivity index (χ4v) is 1.90. The van der Waals surface area contributed by atoms with Crippen molar-refractivity contribution in [2.75, 3.05) is 11.9 Å². The molecule has 0 atom stereocenters. The van der Waals surface area contributed by atoms with Gasteiger partial charge in [-0.2, -0.15) is 4.98 Å². The summed E-state index contributed by atoms with van der Waals surface area (Å²) in [5, 5.41) is 3.18. The van der Waals surface area contributed by atoms with Crippen molar-refractivity contribution in [3.05, 3.63) is 41.6 Å². The van der Waals surface area contributed by atoms with E-state index in [-0.39, 0.29) is 0 Å². The first-order valence-electron chi connectivity index (χ1n) is 6.61. The average molecular weight is 292 g/mol. The maximum absolute atomic E-state index is 5.83. The van der Waals surface area contributed by atoms with Gasteiger partial charge in [-0.05, 0) is 31.0 Å². The van der Waals surface area contributed by atoms with Gasteiger partial charge in [0, 0.05) is 23.3 Å². The van der Waals surface area contributed by atoms with Crippen molar-refractivity contribution in [2.24, 2.45) is 0 Å². The summed E-state index contributed by atoms with van der Waals surface area (Å²) in [5.41, 5.74) is 2.82. The van der Waals surface area contributed by atoms with Crippen molar-refractivity contribution in [1.29, 1.82) is 0 Å². The summed E-state index contributed by atoms with van der Waals surface area (Å²) in [6.07, 6.45) is 0.948. The number of anilines is 2. The zero-order valence-corrected chi connectivity index (χ0v) is 12.4. The second kappa shape index (κ2) is 7.10. The highest BCUT2D eigenvalue weighted by atomic mass is 35.5. The number of halogens is 1. The first-order chi connectivity index (χ1) is 9.71. The van der Waals surface area contributed by atoms with Gasteiger partial charge >= 0.3 is 0 Å². The van der Waals surface area contributed by atoms with Crippen LogP contribution in [0.25, 0.3) is 0 Å². The van der Waals surface area contributed by atoms with Crippen LogP contribution in [0.3, 0.4) is 0 Å². The van der Waals surface area contributed by atoms with Gasteiger partial charge in [0.25, 0.3) is 0 Å². The van der Waals surface area contributed by atoms with E-state index in [4.69, 9.17) is 16.3 Å². The predicted octanol–water partition coefficient (Wildman–Crippen LogP) is 4.06. The van der Waals surface area contributed by atoms with Crippen molar-refractivity contribution < 1.29 is 4.74 Å². The van der Waals surface area contributed by atoms with Crippen molar-refractivity contribution in [1.82, 2.24) is 9.97 Å². The van der Waals surface area contributed by atoms with Crippen LogP contribution in [0, 0.1) is 6.92 Å². The van der Waals surface area contributed by atoms with Gasteiger partial charge in [0.15, 0.2) is 0 Å². The zero-order valence-electron chi connectivity index (χ0n) is 11.7. The van der Waals surface area contributed by atoms with Gasteiger partial charge in [-0.3, -0.25) is 0 Å². The fraction of sp³-hybridized carbons (Fsp3) is 0.333. The molecule has 106 valence electrons. The number of alkyl halides is 1. The molecule has 1 aromatic heterocycles. The standard InChI is InChI=1S/C15H18ClN3O/c1-3-7-20-14-8-11(2)17-15(19-14)18-13-6-4-5-12(9-13)10-16/h4-6,8-9H,3,7,10H2,1-2H3,(H,17,18,19). The van der Waals surface area contributed by atoms with Crippen LogP contribution < -0.4 is 10.1 Å². The minimum absolute atomic E-state index is 0.481. The van der Waals surface area contributed by atoms with E-state index in [1.807, 2.05) is 37.3 Å². The molecular weight excluding hydrogens is 274 g/mol. The molecule has 4 nitrogen and oxygen atoms in total. The first-order valence-corrected chi connectivity index (χ1v) is 7.15. The molecule has 0 aliphatic carbocycles. The number of benzene rings is 1. The van der Waals surface area contributed by atoms with Gasteiger partial charge in [0.05, 0.1) is 6.61 Å². The van der Waals surface area contributed by atoms with E-state index in [1.165, 1.54) is 0 Å². The number of ether oxygens (including phenoxy) is 1. The second-order valence-corrected chi connectivity index (χ2v) is 4.75. The normalized spacial score (nSPS) is 10.3. The van der Waals surface area contributed by atoms with Gasteiger partial charge < -0.3 is 10.1 Å². The molecule has 0 saturated carbocycles. The summed E-state index contributed by atoms with van der Waals surface area (Å²) < 4.78 is 5.55. The molecule has 0 fully saturated rings. The molecule has 0 aliphatic heterocycles. The Labute approximate surface area is 124 Å². The Balaban J connectivity index is 2.17. The van der Waals surface area contributed by atoms with E-state index in [0.717, 1.165) is 23.4 Å². The lowest BCUT2D eigenvalue weighted by Crippen LogP contribution is -2.03. The third-order valence-electron chi connectivity index (χ3n) is 2.62. The Hall–Kier alpha value is -1.81. The molecule has 0 amide bonds. The third-order valence-corrected chi connectivity index (χ3v) is 2.93. The maximum Gasteiger partial charge on any atom is 0.230 e. The molecule has 20 heavy (non-hydrogen) atoms. The molecule has 0 saturated heterocycles. The molecule has 2 aromatic rings. The second-order valence-electron chi connectivity index (χ2n) is 4.48. The minimum atomic E-state index is 0.481. The quantitative estimate of drug-likeness (QED) is 0.816. The molecule has 1 aromatic carbocycles. The van der Waals surface area contributed by atoms with E-state index >= 15 is 0 Å². The predicted molar refractivity (Wildman–Crippen MR) is 81.8 cm³/mol. The summed E-state index contributed by atoms with van der Waals surface area (Å²) >= 11 is 5.83. The summed E-state index contributed by atoms with van der Waals surface area (Å²) in [7, 11) is 0. The molecule has 0 unspecified atom stereocenters. The summed E-state index contributed by atoms with van der Waals surface area (Å²) in [5.74, 6) is 1.60. The average Bonchev–Trinajstić information content (AvgIpc) is 2.44. The molecule has 0 spiro atoms. The number of aromatic nitrogens is 2. The van der Waals surface area contributed by atoms with Gasteiger partial charge in [-0.15, -0.1) is 11.6 Å². The Kier molecular flexibility index (Phi) is 5.18. The van der Waals surface area contributed by atoms with Crippen LogP contribution in [0.5, 0.6) is 5.88 Å². The number of aryl methyl sites for hydroxylation is 1. The Morgan fingerprint density at radius 1 is 1.25 bits per heavy atom. The van der Waals surface area contributed by atoms with Crippen LogP contribution >= 0.6 is 11.6 Å². The number of hydrogen-bond donors (Lipinski definition) is 1. The molecule has 0 aliphatic rings. The molecule has 2 rings (SSSR count). The van der Waals surface area contributed by atoms with Crippen LogP contribution in [-0.2, 0) is 5.88 Å². The van der Waals surface area contributed by atoms with E-state index in [2.05, 4.69) is 22.2 Å². The monoisotopic (exact) mass is 291 g/mol. The summed E-state index contributed by atoms with van der Waals surface area (Å²) in [6.45, 7) is 4.63. The van der Waals surface area contributed by atoms with E-state index in [9.17, 15) is 0 Å². The van der Waals surface area contributed by atoms with Crippen LogP contribution in [0.2, 0.25) is 0 Å². The van der Waals surface area contributed by atoms with E-state index < -0.39 is 0 Å². The lowest BCUT2D eigenvalue weighted by Gasteiger charge is -2.09. The Morgan fingerprint density at radius 3 is 2.85 bits per heavy atom. The lowest BCUT2D eigenvalue weighted by atomic mass is 10.2. The minimum Gasteiger partial charge on any atom is -0.478 e. The Morgan fingerprint density at radius 2 is 2.10 bits per heavy atom. The number of nitrogens with zero attached hydrogens (tertiary/aromatic N) is 2. The Bertz CT molecular complexity index is 575. The van der Waals surface area contributed by atoms with Gasteiger partial charge in [-0.25, -0.2) is 4.98 Å². The van der Waals surface area contributed by atoms with Crippen molar-refractivity contribution in [2.45, 2.75) is 26.1 Å². The van der Waals surface area contributed by atoms with Crippen molar-refractivity contribution >= 4 is 23.2 Å². The van der Waals surface area contributed by atoms with Crippen molar-refractivity contribution in [3.63, 3.8) is 0 Å². The highest BCUT2D eigenvalue weighted by molar-refractivity contribution is 6.17. The van der Waals surface area contributed by atoms with E-state index in [1.54, 1.807) is 0 Å². The molecule has 1 heterocycles. The number of rotatable bonds is 6. The van der Waals surface area contributed by atoms with Crippen LogP contribution in [0.15, 0.2) is 30.3 Å². The third kappa shape index (κ3) is 4.10. The summed E-state index contributed by atoms with van der Waals surface area (Å²) in [4.78, 5) is 8.70. The number of nitrogens with one attached hydrogen (secondary N) is 1. The molecular formula is C15H18ClN3O. The smallest absolute Gasteiger partial charge is 0.230 e. The van der Waals surface area contributed by atoms with Gasteiger partial charge in [0.2, 0.25) is 11.8 Å². The van der Waals surface area contributed by atoms with Crippen LogP contribution in [-0.4, -0.2) is 16.6 Å². The summed E-state index contributed by atoms with van der Waals surface area (Å²) in [6, 6.07) is 9.69. The highest BCUT2D eigenvalue weighted by Gasteiger charge is 2.04. The number of hydrogen-bond acceptors (Lipinski definition) is 4. The molecule has 1 N–H and O–H groups in total. The van der Waals surface area contributed by atoms with E-state index in [0.29, 0.717) is 24.3 Å². The first kappa shape index (κ1) is 14.6. The largest absolute Gasteiger partial charge is 0.478 e. The maximum atomic E-state index is 5.83. The van der Waals surface area contributed by atoms with Gasteiger partial charge in [0.1, 0.15) is 0 Å². The van der Waals surface area contributed by atoms with Gasteiger partial charge in [-0.1, -0.05) is 19.1 Å². The van der Waals surface area contributed by atoms with Crippen LogP contribution in [0.1, 0.15) is 24.6 Å². The molecule has 5 heteroatoms. The zero-order chi connectivity index (χ0) is 14.4. The SMILES string of the molecule is CCCOc1cc(C)nc(Nc2cccc(CCl)c2)n1. The molecule has 0 radical (unpaired) electrons. The fourth-order valence-electron chi connectivity index (χ4n) is 1.74. The van der Waals surface area contributed by atoms with Crippen LogP contribution in [0.4, 0.5) is 11.6 Å². The highest BCUT2D eigenvalue weighted by Crippen LogP contribution is 2.18. The van der Waals surface area contributed by atoms with Crippen molar-refractivity contribution in [3.8, 4) is 5.88 Å².